The molecule has 3 rings (SSSR count). The van der Waals surface area contributed by atoms with Crippen LogP contribution in [0.15, 0.2) is 42.5 Å². The molecule has 0 fully saturated rings. The van der Waals surface area contributed by atoms with Crippen molar-refractivity contribution in [2.45, 2.75) is 13.3 Å². The number of esters is 1. The molecular formula is C18H15FO2. The first kappa shape index (κ1) is 13.6. The maximum atomic E-state index is 13.3. The summed E-state index contributed by atoms with van der Waals surface area (Å²) in [5.41, 5.74) is 5.33. The zero-order chi connectivity index (χ0) is 14.8. The van der Waals surface area contributed by atoms with Gasteiger partial charge in [-0.3, -0.25) is 0 Å². The number of carbonyl (C=O) groups excluding carboxylic acids is 1. The van der Waals surface area contributed by atoms with Gasteiger partial charge in [-0.2, -0.15) is 0 Å². The van der Waals surface area contributed by atoms with Crippen LogP contribution in [-0.2, 0) is 16.0 Å². The Kier molecular flexibility index (Phi) is 3.57. The van der Waals surface area contributed by atoms with Crippen molar-refractivity contribution in [3.8, 4) is 11.1 Å². The fourth-order valence-corrected chi connectivity index (χ4v) is 2.66. The number of rotatable bonds is 3. The van der Waals surface area contributed by atoms with E-state index in [-0.39, 0.29) is 11.8 Å². The summed E-state index contributed by atoms with van der Waals surface area (Å²) >= 11 is 0. The van der Waals surface area contributed by atoms with E-state index >= 15 is 0 Å². The summed E-state index contributed by atoms with van der Waals surface area (Å²) in [6, 6.07) is 10.9. The Morgan fingerprint density at radius 1 is 1.19 bits per heavy atom. The van der Waals surface area contributed by atoms with Gasteiger partial charge in [-0.15, -0.1) is 0 Å². The van der Waals surface area contributed by atoms with Crippen molar-refractivity contribution < 1.29 is 13.9 Å². The Labute approximate surface area is 122 Å². The van der Waals surface area contributed by atoms with Crippen LogP contribution in [-0.4, -0.2) is 12.6 Å². The summed E-state index contributed by atoms with van der Waals surface area (Å²) in [5, 5.41) is 0. The summed E-state index contributed by atoms with van der Waals surface area (Å²) < 4.78 is 18.1. The Bertz CT molecular complexity index is 732. The topological polar surface area (TPSA) is 26.3 Å². The van der Waals surface area contributed by atoms with Crippen LogP contribution in [0.2, 0.25) is 0 Å². The fraction of sp³-hybridized carbons (Fsp3) is 0.167. The van der Waals surface area contributed by atoms with E-state index in [9.17, 15) is 9.18 Å². The smallest absolute Gasteiger partial charge is 0.330 e. The lowest BCUT2D eigenvalue weighted by Gasteiger charge is -2.02. The van der Waals surface area contributed by atoms with Crippen LogP contribution in [0.3, 0.4) is 0 Å². The first-order valence-corrected chi connectivity index (χ1v) is 6.94. The summed E-state index contributed by atoms with van der Waals surface area (Å²) in [4.78, 5) is 11.3. The number of ether oxygens (including phenoxy) is 1. The number of fused-ring (bicyclic) bond motifs is 3. The SMILES string of the molecule is CCOC(=O)C=Cc1ccc2c(c1)Cc1cc(F)ccc1-2. The molecule has 0 bridgehead atoms. The molecule has 0 aliphatic heterocycles. The van der Waals surface area contributed by atoms with Crippen molar-refractivity contribution in [3.63, 3.8) is 0 Å². The molecule has 0 atom stereocenters. The van der Waals surface area contributed by atoms with Crippen molar-refractivity contribution in [2.24, 2.45) is 0 Å². The standard InChI is InChI=1S/C18H15FO2/c1-2-21-18(20)8-4-12-3-6-16-13(9-12)10-14-11-15(19)5-7-17(14)16/h3-9,11H,2,10H2,1H3. The molecule has 0 radical (unpaired) electrons. The second kappa shape index (κ2) is 5.52. The van der Waals surface area contributed by atoms with Crippen LogP contribution in [0.4, 0.5) is 4.39 Å². The minimum Gasteiger partial charge on any atom is -0.463 e. The summed E-state index contributed by atoms with van der Waals surface area (Å²) in [6.45, 7) is 2.14. The molecular weight excluding hydrogens is 267 g/mol. The van der Waals surface area contributed by atoms with Crippen LogP contribution in [0.25, 0.3) is 17.2 Å². The second-order valence-corrected chi connectivity index (χ2v) is 4.98. The van der Waals surface area contributed by atoms with Gasteiger partial charge >= 0.3 is 5.97 Å². The molecule has 2 aromatic rings. The predicted molar refractivity (Wildman–Crippen MR) is 80.3 cm³/mol. The number of hydrogen-bond donors (Lipinski definition) is 0. The molecule has 3 heteroatoms. The maximum absolute atomic E-state index is 13.3. The fourth-order valence-electron chi connectivity index (χ4n) is 2.66. The first-order chi connectivity index (χ1) is 10.2. The van der Waals surface area contributed by atoms with Gasteiger partial charge in [-0.05, 0) is 59.4 Å². The molecule has 106 valence electrons. The Hall–Kier alpha value is -2.42. The zero-order valence-corrected chi connectivity index (χ0v) is 11.7. The van der Waals surface area contributed by atoms with Crippen LogP contribution in [0.5, 0.6) is 0 Å². The third kappa shape index (κ3) is 2.72. The van der Waals surface area contributed by atoms with E-state index in [1.54, 1.807) is 19.1 Å². The van der Waals surface area contributed by atoms with Gasteiger partial charge in [-0.25, -0.2) is 9.18 Å². The van der Waals surface area contributed by atoms with E-state index < -0.39 is 0 Å². The quantitative estimate of drug-likeness (QED) is 0.536. The number of carbonyl (C=O) groups is 1. The lowest BCUT2D eigenvalue weighted by atomic mass is 10.0. The normalized spacial score (nSPS) is 12.3. The van der Waals surface area contributed by atoms with E-state index in [0.717, 1.165) is 34.2 Å². The molecule has 0 spiro atoms. The molecule has 0 saturated carbocycles. The average Bonchev–Trinajstić information content (AvgIpc) is 2.81. The zero-order valence-electron chi connectivity index (χ0n) is 11.7. The van der Waals surface area contributed by atoms with Gasteiger partial charge in [-0.1, -0.05) is 24.3 Å². The third-order valence-corrected chi connectivity index (χ3v) is 3.57. The van der Waals surface area contributed by atoms with Gasteiger partial charge in [0.1, 0.15) is 5.82 Å². The molecule has 1 aliphatic carbocycles. The van der Waals surface area contributed by atoms with Gasteiger partial charge in [0.2, 0.25) is 0 Å². The minimum absolute atomic E-state index is 0.205. The molecule has 2 aromatic carbocycles. The van der Waals surface area contributed by atoms with Crippen molar-refractivity contribution in [3.05, 3.63) is 65.0 Å². The van der Waals surface area contributed by atoms with Crippen LogP contribution >= 0.6 is 0 Å². The van der Waals surface area contributed by atoms with Crippen LogP contribution in [0.1, 0.15) is 23.6 Å². The highest BCUT2D eigenvalue weighted by Gasteiger charge is 2.18. The highest BCUT2D eigenvalue weighted by Crippen LogP contribution is 2.37. The molecule has 0 heterocycles. The Balaban J connectivity index is 1.87. The molecule has 0 N–H and O–H groups in total. The highest BCUT2D eigenvalue weighted by molar-refractivity contribution is 5.87. The van der Waals surface area contributed by atoms with Gasteiger partial charge in [0, 0.05) is 6.08 Å². The lowest BCUT2D eigenvalue weighted by Crippen LogP contribution is -1.98. The minimum atomic E-state index is -0.344. The van der Waals surface area contributed by atoms with Crippen molar-refractivity contribution in [1.82, 2.24) is 0 Å². The van der Waals surface area contributed by atoms with Crippen LogP contribution < -0.4 is 0 Å². The van der Waals surface area contributed by atoms with Crippen molar-refractivity contribution in [1.29, 1.82) is 0 Å². The molecule has 21 heavy (non-hydrogen) atoms. The largest absolute Gasteiger partial charge is 0.463 e. The molecule has 2 nitrogen and oxygen atoms in total. The van der Waals surface area contributed by atoms with Gasteiger partial charge in [0.25, 0.3) is 0 Å². The van der Waals surface area contributed by atoms with E-state index in [1.807, 2.05) is 24.3 Å². The summed E-state index contributed by atoms with van der Waals surface area (Å²) in [7, 11) is 0. The Morgan fingerprint density at radius 2 is 1.90 bits per heavy atom. The van der Waals surface area contributed by atoms with E-state index in [2.05, 4.69) is 0 Å². The average molecular weight is 282 g/mol. The predicted octanol–water partition coefficient (Wildman–Crippen LogP) is 3.97. The monoisotopic (exact) mass is 282 g/mol. The Morgan fingerprint density at radius 3 is 2.67 bits per heavy atom. The van der Waals surface area contributed by atoms with Gasteiger partial charge in [0.05, 0.1) is 6.61 Å². The van der Waals surface area contributed by atoms with Gasteiger partial charge < -0.3 is 4.74 Å². The molecule has 1 aliphatic rings. The van der Waals surface area contributed by atoms with Gasteiger partial charge in [0.15, 0.2) is 0 Å². The van der Waals surface area contributed by atoms with Crippen molar-refractivity contribution >= 4 is 12.0 Å². The first-order valence-electron chi connectivity index (χ1n) is 6.94. The van der Waals surface area contributed by atoms with E-state index in [4.69, 9.17) is 4.74 Å². The van der Waals surface area contributed by atoms with E-state index in [0.29, 0.717) is 6.61 Å². The lowest BCUT2D eigenvalue weighted by molar-refractivity contribution is -0.137. The molecule has 0 amide bonds. The molecule has 0 aromatic heterocycles. The van der Waals surface area contributed by atoms with Crippen LogP contribution in [0, 0.1) is 5.82 Å². The van der Waals surface area contributed by atoms with Crippen molar-refractivity contribution in [2.75, 3.05) is 6.61 Å². The molecule has 0 unspecified atom stereocenters. The highest BCUT2D eigenvalue weighted by atomic mass is 19.1. The third-order valence-electron chi connectivity index (χ3n) is 3.57. The summed E-state index contributed by atoms with van der Waals surface area (Å²) in [5.74, 6) is -0.549. The number of hydrogen-bond acceptors (Lipinski definition) is 2. The second-order valence-electron chi connectivity index (χ2n) is 4.98. The summed E-state index contributed by atoms with van der Waals surface area (Å²) in [6.07, 6.45) is 3.89. The molecule has 0 saturated heterocycles. The van der Waals surface area contributed by atoms with E-state index in [1.165, 1.54) is 12.1 Å². The maximum Gasteiger partial charge on any atom is 0.330 e. The number of halogens is 1. The number of benzene rings is 2.